The molecule has 1 unspecified atom stereocenters. The van der Waals surface area contributed by atoms with E-state index < -0.39 is 0 Å². The molecule has 0 aromatic heterocycles. The van der Waals surface area contributed by atoms with Crippen molar-refractivity contribution in [2.24, 2.45) is 5.73 Å². The van der Waals surface area contributed by atoms with Crippen LogP contribution < -0.4 is 10.5 Å². The minimum Gasteiger partial charge on any atom is -0.495 e. The predicted molar refractivity (Wildman–Crippen MR) is 65.3 cm³/mol. The third kappa shape index (κ3) is 1.79. The van der Waals surface area contributed by atoms with Crippen molar-refractivity contribution in [1.29, 1.82) is 0 Å². The van der Waals surface area contributed by atoms with E-state index in [0.29, 0.717) is 0 Å². The van der Waals surface area contributed by atoms with Gasteiger partial charge in [0.05, 0.1) is 11.6 Å². The van der Waals surface area contributed by atoms with Crippen LogP contribution in [0.15, 0.2) is 10.5 Å². The van der Waals surface area contributed by atoms with Crippen LogP contribution in [0.3, 0.4) is 0 Å². The summed E-state index contributed by atoms with van der Waals surface area (Å²) in [6.07, 6.45) is 3.54. The Morgan fingerprint density at radius 1 is 1.47 bits per heavy atom. The second-order valence-corrected chi connectivity index (χ2v) is 4.89. The summed E-state index contributed by atoms with van der Waals surface area (Å²) in [6, 6.07) is 2.22. The summed E-state index contributed by atoms with van der Waals surface area (Å²) >= 11 is 3.63. The fourth-order valence-electron chi connectivity index (χ4n) is 2.24. The average molecular weight is 270 g/mol. The molecule has 2 nitrogen and oxygen atoms in total. The number of rotatable bonds is 2. The molecule has 1 aromatic carbocycles. The minimum absolute atomic E-state index is 0.0159. The van der Waals surface area contributed by atoms with E-state index in [1.807, 2.05) is 6.92 Å². The zero-order chi connectivity index (χ0) is 11.0. The minimum atomic E-state index is 0.0159. The Bertz CT molecular complexity index is 388. The SMILES string of the molecule is COc1c(C(C)N)cc2c(c1Br)CCC2. The van der Waals surface area contributed by atoms with Crippen molar-refractivity contribution < 1.29 is 4.74 Å². The highest BCUT2D eigenvalue weighted by molar-refractivity contribution is 9.10. The molecule has 0 amide bonds. The van der Waals surface area contributed by atoms with Crippen LogP contribution in [0.25, 0.3) is 0 Å². The molecule has 0 aliphatic heterocycles. The molecule has 0 heterocycles. The van der Waals surface area contributed by atoms with Gasteiger partial charge in [-0.15, -0.1) is 0 Å². The van der Waals surface area contributed by atoms with Crippen LogP contribution in [-0.4, -0.2) is 7.11 Å². The van der Waals surface area contributed by atoms with E-state index in [4.69, 9.17) is 10.5 Å². The van der Waals surface area contributed by atoms with Gasteiger partial charge in [0.25, 0.3) is 0 Å². The first-order valence-corrected chi connectivity index (χ1v) is 6.08. The second kappa shape index (κ2) is 4.14. The van der Waals surface area contributed by atoms with Crippen molar-refractivity contribution in [2.75, 3.05) is 7.11 Å². The number of benzene rings is 1. The van der Waals surface area contributed by atoms with Gasteiger partial charge in [-0.3, -0.25) is 0 Å². The molecule has 1 aliphatic rings. The van der Waals surface area contributed by atoms with Crippen molar-refractivity contribution in [1.82, 2.24) is 0 Å². The molecule has 82 valence electrons. The van der Waals surface area contributed by atoms with E-state index in [9.17, 15) is 0 Å². The molecule has 1 aromatic rings. The predicted octanol–water partition coefficient (Wildman–Crippen LogP) is 2.97. The lowest BCUT2D eigenvalue weighted by Gasteiger charge is -2.16. The molecule has 1 atom stereocenters. The van der Waals surface area contributed by atoms with E-state index in [1.165, 1.54) is 17.5 Å². The largest absolute Gasteiger partial charge is 0.495 e. The standard InChI is InChI=1S/C12H16BrNO/c1-7(14)10-6-8-4-3-5-9(8)11(13)12(10)15-2/h6-7H,3-5,14H2,1-2H3. The maximum atomic E-state index is 5.95. The number of hydrogen-bond donors (Lipinski definition) is 1. The maximum Gasteiger partial charge on any atom is 0.138 e. The highest BCUT2D eigenvalue weighted by Gasteiger charge is 2.21. The van der Waals surface area contributed by atoms with Crippen molar-refractivity contribution >= 4 is 15.9 Å². The lowest BCUT2D eigenvalue weighted by Crippen LogP contribution is -2.08. The van der Waals surface area contributed by atoms with Crippen molar-refractivity contribution in [3.05, 3.63) is 27.2 Å². The van der Waals surface area contributed by atoms with Crippen LogP contribution in [0.1, 0.15) is 36.1 Å². The second-order valence-electron chi connectivity index (χ2n) is 4.09. The number of halogens is 1. The number of hydrogen-bond acceptors (Lipinski definition) is 2. The van der Waals surface area contributed by atoms with Crippen LogP contribution in [0.2, 0.25) is 0 Å². The van der Waals surface area contributed by atoms with Gasteiger partial charge in [-0.2, -0.15) is 0 Å². The fourth-order valence-corrected chi connectivity index (χ4v) is 3.08. The fraction of sp³-hybridized carbons (Fsp3) is 0.500. The number of fused-ring (bicyclic) bond motifs is 1. The van der Waals surface area contributed by atoms with Gasteiger partial charge >= 0.3 is 0 Å². The molecule has 1 aliphatic carbocycles. The first-order valence-electron chi connectivity index (χ1n) is 5.29. The lowest BCUT2D eigenvalue weighted by molar-refractivity contribution is 0.403. The van der Waals surface area contributed by atoms with Gasteiger partial charge < -0.3 is 10.5 Å². The van der Waals surface area contributed by atoms with E-state index in [-0.39, 0.29) is 6.04 Å². The Labute approximate surface area is 98.9 Å². The molecular formula is C12H16BrNO. The van der Waals surface area contributed by atoms with Gasteiger partial charge in [0, 0.05) is 11.6 Å². The third-order valence-corrected chi connectivity index (χ3v) is 3.85. The summed E-state index contributed by atoms with van der Waals surface area (Å²) < 4.78 is 6.54. The molecule has 0 saturated heterocycles. The topological polar surface area (TPSA) is 35.2 Å². The normalized spacial score (nSPS) is 16.3. The quantitative estimate of drug-likeness (QED) is 0.896. The number of methoxy groups -OCH3 is 1. The maximum absolute atomic E-state index is 5.95. The highest BCUT2D eigenvalue weighted by atomic mass is 79.9. The van der Waals surface area contributed by atoms with E-state index >= 15 is 0 Å². The molecule has 0 radical (unpaired) electrons. The molecule has 0 fully saturated rings. The van der Waals surface area contributed by atoms with Crippen LogP contribution in [0, 0.1) is 0 Å². The smallest absolute Gasteiger partial charge is 0.138 e. The number of aryl methyl sites for hydroxylation is 1. The zero-order valence-corrected chi connectivity index (χ0v) is 10.7. The summed E-state index contributed by atoms with van der Waals surface area (Å²) in [5.74, 6) is 0.908. The van der Waals surface area contributed by atoms with Gasteiger partial charge in [0.1, 0.15) is 5.75 Å². The Morgan fingerprint density at radius 2 is 2.20 bits per heavy atom. The third-order valence-electron chi connectivity index (χ3n) is 3.01. The van der Waals surface area contributed by atoms with Gasteiger partial charge in [-0.1, -0.05) is 6.07 Å². The van der Waals surface area contributed by atoms with Crippen molar-refractivity contribution in [3.63, 3.8) is 0 Å². The molecule has 0 saturated carbocycles. The molecule has 3 heteroatoms. The Kier molecular flexibility index (Phi) is 3.03. The summed E-state index contributed by atoms with van der Waals surface area (Å²) in [6.45, 7) is 1.99. The molecular weight excluding hydrogens is 254 g/mol. The average Bonchev–Trinajstić information content (AvgIpc) is 2.65. The molecule has 15 heavy (non-hydrogen) atoms. The summed E-state index contributed by atoms with van der Waals surface area (Å²) in [4.78, 5) is 0. The monoisotopic (exact) mass is 269 g/mol. The molecule has 2 N–H and O–H groups in total. The Morgan fingerprint density at radius 3 is 2.80 bits per heavy atom. The van der Waals surface area contributed by atoms with E-state index in [2.05, 4.69) is 22.0 Å². The van der Waals surface area contributed by atoms with Crippen LogP contribution in [0.5, 0.6) is 5.75 Å². The van der Waals surface area contributed by atoms with Crippen LogP contribution >= 0.6 is 15.9 Å². The van der Waals surface area contributed by atoms with E-state index in [0.717, 1.165) is 28.6 Å². The zero-order valence-electron chi connectivity index (χ0n) is 9.14. The summed E-state index contributed by atoms with van der Waals surface area (Å²) in [5.41, 5.74) is 9.88. The molecule has 0 spiro atoms. The van der Waals surface area contributed by atoms with Crippen molar-refractivity contribution in [2.45, 2.75) is 32.2 Å². The number of ether oxygens (including phenoxy) is 1. The first-order chi connectivity index (χ1) is 7.15. The molecule has 0 bridgehead atoms. The van der Waals surface area contributed by atoms with Gasteiger partial charge in [-0.25, -0.2) is 0 Å². The van der Waals surface area contributed by atoms with Crippen LogP contribution in [0.4, 0.5) is 0 Å². The summed E-state index contributed by atoms with van der Waals surface area (Å²) in [5, 5.41) is 0. The first kappa shape index (κ1) is 11.0. The number of nitrogens with two attached hydrogens (primary N) is 1. The van der Waals surface area contributed by atoms with Gasteiger partial charge in [0.15, 0.2) is 0 Å². The van der Waals surface area contributed by atoms with Gasteiger partial charge in [0.2, 0.25) is 0 Å². The molecule has 2 rings (SSSR count). The van der Waals surface area contributed by atoms with Gasteiger partial charge in [-0.05, 0) is 53.2 Å². The lowest BCUT2D eigenvalue weighted by atomic mass is 10.0. The Hall–Kier alpha value is -0.540. The van der Waals surface area contributed by atoms with E-state index in [1.54, 1.807) is 7.11 Å². The summed E-state index contributed by atoms with van der Waals surface area (Å²) in [7, 11) is 1.70. The van der Waals surface area contributed by atoms with Crippen LogP contribution in [-0.2, 0) is 12.8 Å². The van der Waals surface area contributed by atoms with Crippen molar-refractivity contribution in [3.8, 4) is 5.75 Å². The highest BCUT2D eigenvalue weighted by Crippen LogP contribution is 2.40. The Balaban J connectivity index is 2.61.